The highest BCUT2D eigenvalue weighted by molar-refractivity contribution is 5.99. The Kier molecular flexibility index (Phi) is 6.11. The van der Waals surface area contributed by atoms with E-state index < -0.39 is 17.9 Å². The molecule has 0 aliphatic rings. The molecule has 0 bridgehead atoms. The van der Waals surface area contributed by atoms with Gasteiger partial charge in [-0.2, -0.15) is 5.10 Å². The first-order chi connectivity index (χ1) is 12.3. The van der Waals surface area contributed by atoms with Crippen LogP contribution in [-0.4, -0.2) is 33.1 Å². The minimum absolute atomic E-state index is 0.141. The predicted octanol–water partition coefficient (Wildman–Crippen LogP) is 2.32. The maximum Gasteiger partial charge on any atom is 0.331 e. The summed E-state index contributed by atoms with van der Waals surface area (Å²) in [4.78, 5) is 35.9. The number of amides is 2. The predicted molar refractivity (Wildman–Crippen MR) is 95.9 cm³/mol. The van der Waals surface area contributed by atoms with Crippen molar-refractivity contribution in [2.24, 2.45) is 0 Å². The molecular formula is C18H22N4O4. The van der Waals surface area contributed by atoms with Crippen molar-refractivity contribution >= 4 is 23.5 Å². The van der Waals surface area contributed by atoms with Crippen LogP contribution in [0.4, 0.5) is 5.69 Å². The fourth-order valence-corrected chi connectivity index (χ4v) is 2.65. The number of rotatable bonds is 7. The first kappa shape index (κ1) is 19.2. The van der Waals surface area contributed by atoms with Crippen molar-refractivity contribution in [1.29, 1.82) is 0 Å². The topological polar surface area (TPSA) is 124 Å². The second-order valence-corrected chi connectivity index (χ2v) is 5.97. The Labute approximate surface area is 151 Å². The molecule has 4 N–H and O–H groups in total. The molecule has 1 unspecified atom stereocenters. The third-order valence-corrected chi connectivity index (χ3v) is 3.88. The summed E-state index contributed by atoms with van der Waals surface area (Å²) in [6, 6.07) is 5.14. The Morgan fingerprint density at radius 2 is 2.00 bits per heavy atom. The van der Waals surface area contributed by atoms with E-state index >= 15 is 0 Å². The van der Waals surface area contributed by atoms with Gasteiger partial charge in [0.15, 0.2) is 6.04 Å². The van der Waals surface area contributed by atoms with Gasteiger partial charge < -0.3 is 15.7 Å². The van der Waals surface area contributed by atoms with Crippen LogP contribution in [0.5, 0.6) is 0 Å². The van der Waals surface area contributed by atoms with E-state index in [4.69, 9.17) is 0 Å². The number of nitrogens with one attached hydrogen (secondary N) is 3. The monoisotopic (exact) mass is 358 g/mol. The number of aliphatic carboxylic acids is 1. The molecule has 26 heavy (non-hydrogen) atoms. The number of carboxylic acid groups (broad SMARTS) is 1. The number of aryl methyl sites for hydroxylation is 2. The number of aromatic amines is 1. The third-order valence-electron chi connectivity index (χ3n) is 3.88. The van der Waals surface area contributed by atoms with Crippen LogP contribution in [-0.2, 0) is 9.59 Å². The largest absolute Gasteiger partial charge is 0.479 e. The highest BCUT2D eigenvalue weighted by atomic mass is 16.4. The first-order valence-electron chi connectivity index (χ1n) is 8.28. The molecule has 0 radical (unpaired) electrons. The third kappa shape index (κ3) is 4.47. The fraction of sp³-hybridized carbons (Fsp3) is 0.333. The zero-order valence-corrected chi connectivity index (χ0v) is 14.9. The lowest BCUT2D eigenvalue weighted by Crippen LogP contribution is -2.34. The van der Waals surface area contributed by atoms with Crippen LogP contribution in [0.1, 0.15) is 53.1 Å². The number of carbonyl (C=O) groups excluding carboxylic acids is 2. The maximum absolute atomic E-state index is 12.5. The minimum atomic E-state index is -1.22. The number of carboxylic acids is 1. The normalized spacial score (nSPS) is 11.7. The highest BCUT2D eigenvalue weighted by Crippen LogP contribution is 2.21. The van der Waals surface area contributed by atoms with E-state index in [1.54, 1.807) is 32.0 Å². The summed E-state index contributed by atoms with van der Waals surface area (Å²) in [6.07, 6.45) is 1.10. The molecule has 0 aliphatic carbocycles. The van der Waals surface area contributed by atoms with E-state index in [1.165, 1.54) is 6.07 Å². The summed E-state index contributed by atoms with van der Waals surface area (Å²) < 4.78 is 0. The van der Waals surface area contributed by atoms with Gasteiger partial charge in [-0.25, -0.2) is 4.79 Å². The Morgan fingerprint density at radius 1 is 1.27 bits per heavy atom. The van der Waals surface area contributed by atoms with Crippen molar-refractivity contribution in [3.63, 3.8) is 0 Å². The number of benzene rings is 1. The zero-order valence-electron chi connectivity index (χ0n) is 14.9. The van der Waals surface area contributed by atoms with E-state index in [1.807, 2.05) is 6.92 Å². The van der Waals surface area contributed by atoms with Gasteiger partial charge in [0.1, 0.15) is 0 Å². The van der Waals surface area contributed by atoms with Crippen LogP contribution in [0, 0.1) is 13.8 Å². The lowest BCUT2D eigenvalue weighted by Gasteiger charge is -2.15. The number of hydrogen-bond donors (Lipinski definition) is 4. The molecular weight excluding hydrogens is 336 g/mol. The van der Waals surface area contributed by atoms with Crippen molar-refractivity contribution in [1.82, 2.24) is 15.5 Å². The van der Waals surface area contributed by atoms with Gasteiger partial charge in [0.05, 0.1) is 5.69 Å². The van der Waals surface area contributed by atoms with E-state index in [-0.39, 0.29) is 11.5 Å². The Balaban J connectivity index is 2.20. The quantitative estimate of drug-likeness (QED) is 0.605. The van der Waals surface area contributed by atoms with Gasteiger partial charge in [0.2, 0.25) is 5.91 Å². The van der Waals surface area contributed by atoms with Gasteiger partial charge in [-0.05, 0) is 38.5 Å². The summed E-state index contributed by atoms with van der Waals surface area (Å²) in [5.74, 6) is -1.87. The molecule has 8 heteroatoms. The second kappa shape index (κ2) is 8.28. The number of nitrogens with zero attached hydrogens (tertiary/aromatic N) is 1. The van der Waals surface area contributed by atoms with E-state index in [0.29, 0.717) is 29.1 Å². The molecule has 0 aliphatic heterocycles. The lowest BCUT2D eigenvalue weighted by molar-refractivity contribution is -0.139. The first-order valence-corrected chi connectivity index (χ1v) is 8.28. The molecule has 2 rings (SSSR count). The summed E-state index contributed by atoms with van der Waals surface area (Å²) in [6.45, 7) is 5.27. The fourth-order valence-electron chi connectivity index (χ4n) is 2.65. The van der Waals surface area contributed by atoms with Crippen molar-refractivity contribution in [2.45, 2.75) is 39.7 Å². The van der Waals surface area contributed by atoms with Crippen molar-refractivity contribution in [2.75, 3.05) is 5.32 Å². The van der Waals surface area contributed by atoms with Gasteiger partial charge in [0, 0.05) is 28.9 Å². The van der Waals surface area contributed by atoms with Gasteiger partial charge in [-0.3, -0.25) is 14.7 Å². The number of aromatic nitrogens is 2. The van der Waals surface area contributed by atoms with E-state index in [9.17, 15) is 19.5 Å². The van der Waals surface area contributed by atoms with Crippen LogP contribution in [0.25, 0.3) is 0 Å². The standard InChI is InChI=1S/C18H22N4O4/c1-4-6-14(23)19-13-8-5-7-12(9-13)17(24)20-16(18(25)26)15-10(2)21-22-11(15)3/h5,7-9,16H,4,6H2,1-3H3,(H,19,23)(H,20,24)(H,21,22)(H,25,26). The number of hydrogen-bond acceptors (Lipinski definition) is 4. The van der Waals surface area contributed by atoms with Crippen molar-refractivity contribution < 1.29 is 19.5 Å². The minimum Gasteiger partial charge on any atom is -0.479 e. The van der Waals surface area contributed by atoms with Crippen LogP contribution in [0.3, 0.4) is 0 Å². The molecule has 0 saturated heterocycles. The van der Waals surface area contributed by atoms with Gasteiger partial charge >= 0.3 is 5.97 Å². The van der Waals surface area contributed by atoms with Crippen LogP contribution >= 0.6 is 0 Å². The SMILES string of the molecule is CCCC(=O)Nc1cccc(C(=O)NC(C(=O)O)c2c(C)n[nH]c2C)c1. The lowest BCUT2D eigenvalue weighted by atomic mass is 10.0. The summed E-state index contributed by atoms with van der Waals surface area (Å²) in [7, 11) is 0. The molecule has 0 spiro atoms. The van der Waals surface area contributed by atoms with E-state index in [0.717, 1.165) is 6.42 Å². The number of H-pyrrole nitrogens is 1. The average Bonchev–Trinajstić information content (AvgIpc) is 2.91. The molecule has 0 saturated carbocycles. The zero-order chi connectivity index (χ0) is 19.3. The molecule has 1 aromatic carbocycles. The Morgan fingerprint density at radius 3 is 2.58 bits per heavy atom. The molecule has 1 atom stereocenters. The molecule has 8 nitrogen and oxygen atoms in total. The molecule has 0 fully saturated rings. The smallest absolute Gasteiger partial charge is 0.331 e. The Hall–Kier alpha value is -3.16. The second-order valence-electron chi connectivity index (χ2n) is 5.97. The summed E-state index contributed by atoms with van der Waals surface area (Å²) in [5, 5.41) is 21.4. The number of carbonyl (C=O) groups is 3. The highest BCUT2D eigenvalue weighted by Gasteiger charge is 2.27. The molecule has 2 amide bonds. The van der Waals surface area contributed by atoms with Crippen LogP contribution in [0.2, 0.25) is 0 Å². The molecule has 1 heterocycles. The molecule has 2 aromatic rings. The number of anilines is 1. The summed E-state index contributed by atoms with van der Waals surface area (Å²) >= 11 is 0. The summed E-state index contributed by atoms with van der Waals surface area (Å²) in [5.41, 5.74) is 2.26. The van der Waals surface area contributed by atoms with Gasteiger partial charge in [0.25, 0.3) is 5.91 Å². The van der Waals surface area contributed by atoms with Gasteiger partial charge in [-0.15, -0.1) is 0 Å². The van der Waals surface area contributed by atoms with E-state index in [2.05, 4.69) is 20.8 Å². The van der Waals surface area contributed by atoms with Crippen LogP contribution < -0.4 is 10.6 Å². The van der Waals surface area contributed by atoms with Crippen molar-refractivity contribution in [3.8, 4) is 0 Å². The average molecular weight is 358 g/mol. The molecule has 1 aromatic heterocycles. The molecule has 138 valence electrons. The van der Waals surface area contributed by atoms with Gasteiger partial charge in [-0.1, -0.05) is 13.0 Å². The maximum atomic E-state index is 12.5. The van der Waals surface area contributed by atoms with Crippen molar-refractivity contribution in [3.05, 3.63) is 46.8 Å². The van der Waals surface area contributed by atoms with Crippen LogP contribution in [0.15, 0.2) is 24.3 Å². The Bertz CT molecular complexity index is 809.